The summed E-state index contributed by atoms with van der Waals surface area (Å²) in [4.78, 5) is 16.7. The van der Waals surface area contributed by atoms with Gasteiger partial charge in [-0.3, -0.25) is 4.79 Å². The Kier molecular flexibility index (Phi) is 5.33. The summed E-state index contributed by atoms with van der Waals surface area (Å²) in [7, 11) is 1.56. The molecule has 0 radical (unpaired) electrons. The molecule has 0 aliphatic heterocycles. The fraction of sp³-hybridized carbons (Fsp3) is 0.467. The molecule has 2 aromatic heterocycles. The maximum atomic E-state index is 12.3. The van der Waals surface area contributed by atoms with Gasteiger partial charge in [-0.1, -0.05) is 0 Å². The van der Waals surface area contributed by atoms with Crippen molar-refractivity contribution >= 4 is 17.2 Å². The summed E-state index contributed by atoms with van der Waals surface area (Å²) >= 11 is 1.52. The van der Waals surface area contributed by atoms with Crippen LogP contribution in [-0.4, -0.2) is 41.9 Å². The molecule has 1 unspecified atom stereocenters. The molecule has 0 aromatic carbocycles. The molecule has 2 heterocycles. The van der Waals surface area contributed by atoms with Crippen molar-refractivity contribution in [2.75, 3.05) is 20.3 Å². The highest BCUT2D eigenvalue weighted by atomic mass is 32.1. The molecule has 0 bridgehead atoms. The number of aliphatic hydroxyl groups excluding tert-OH is 1. The third-order valence-corrected chi connectivity index (χ3v) is 4.05. The van der Waals surface area contributed by atoms with E-state index < -0.39 is 5.54 Å². The minimum Gasteiger partial charge on any atom is -0.462 e. The van der Waals surface area contributed by atoms with Gasteiger partial charge < -0.3 is 19.6 Å². The van der Waals surface area contributed by atoms with Crippen LogP contribution < -0.4 is 5.32 Å². The van der Waals surface area contributed by atoms with Crippen LogP contribution >= 0.6 is 11.3 Å². The van der Waals surface area contributed by atoms with Crippen LogP contribution in [0.4, 0.5) is 0 Å². The largest absolute Gasteiger partial charge is 0.462 e. The molecule has 0 saturated carbocycles. The number of carbonyl (C=O) groups is 1. The van der Waals surface area contributed by atoms with E-state index >= 15 is 0 Å². The maximum absolute atomic E-state index is 12.3. The van der Waals surface area contributed by atoms with E-state index in [0.717, 1.165) is 10.7 Å². The van der Waals surface area contributed by atoms with Crippen molar-refractivity contribution in [3.05, 3.63) is 28.3 Å². The van der Waals surface area contributed by atoms with Crippen LogP contribution in [0.5, 0.6) is 0 Å². The fourth-order valence-corrected chi connectivity index (χ4v) is 2.75. The molecular weight excluding hydrogens is 304 g/mol. The lowest BCUT2D eigenvalue weighted by Gasteiger charge is -2.29. The molecule has 1 amide bonds. The Morgan fingerprint density at radius 3 is 2.95 bits per heavy atom. The van der Waals surface area contributed by atoms with Gasteiger partial charge in [0, 0.05) is 19.1 Å². The first-order valence-corrected chi connectivity index (χ1v) is 7.79. The number of ether oxygens (including phenoxy) is 1. The van der Waals surface area contributed by atoms with E-state index in [1.165, 1.54) is 17.6 Å². The number of hydrogen-bond acceptors (Lipinski definition) is 6. The van der Waals surface area contributed by atoms with Crippen LogP contribution in [0.3, 0.4) is 0 Å². The third-order valence-electron chi connectivity index (χ3n) is 3.27. The van der Waals surface area contributed by atoms with Gasteiger partial charge in [0.2, 0.25) is 0 Å². The summed E-state index contributed by atoms with van der Waals surface area (Å²) in [5, 5.41) is 14.8. The molecule has 0 aliphatic carbocycles. The molecule has 1 atom stereocenters. The van der Waals surface area contributed by atoms with E-state index in [4.69, 9.17) is 14.3 Å². The zero-order valence-electron chi connectivity index (χ0n) is 12.9. The molecule has 120 valence electrons. The van der Waals surface area contributed by atoms with Gasteiger partial charge in [0.1, 0.15) is 12.0 Å². The number of amides is 1. The Balaban J connectivity index is 2.11. The predicted molar refractivity (Wildman–Crippen MR) is 84.0 cm³/mol. The number of thiazole rings is 1. The van der Waals surface area contributed by atoms with E-state index in [1.807, 2.05) is 19.2 Å². The number of aromatic nitrogens is 1. The number of carbonyl (C=O) groups excluding carboxylic acids is 1. The molecular formula is C15H20N2O4S. The normalized spacial score (nSPS) is 13.8. The van der Waals surface area contributed by atoms with Gasteiger partial charge in [0.25, 0.3) is 5.91 Å². The molecule has 0 aliphatic rings. The molecule has 0 saturated heterocycles. The van der Waals surface area contributed by atoms with Crippen LogP contribution in [0.25, 0.3) is 11.5 Å². The summed E-state index contributed by atoms with van der Waals surface area (Å²) < 4.78 is 10.5. The first kappa shape index (κ1) is 16.7. The van der Waals surface area contributed by atoms with Gasteiger partial charge in [0.05, 0.1) is 22.7 Å². The Morgan fingerprint density at radius 1 is 1.59 bits per heavy atom. The Labute approximate surface area is 133 Å². The molecule has 2 aromatic rings. The van der Waals surface area contributed by atoms with Crippen molar-refractivity contribution in [2.24, 2.45) is 0 Å². The molecule has 2 rings (SSSR count). The Hall–Kier alpha value is -1.70. The minimum absolute atomic E-state index is 0.0329. The van der Waals surface area contributed by atoms with E-state index in [9.17, 15) is 4.79 Å². The predicted octanol–water partition coefficient (Wildman–Crippen LogP) is 2.23. The van der Waals surface area contributed by atoms with Crippen molar-refractivity contribution in [3.63, 3.8) is 0 Å². The van der Waals surface area contributed by atoms with E-state index in [0.29, 0.717) is 24.4 Å². The van der Waals surface area contributed by atoms with Crippen LogP contribution in [0.1, 0.15) is 28.7 Å². The summed E-state index contributed by atoms with van der Waals surface area (Å²) in [6.07, 6.45) is 1.81. The minimum atomic E-state index is -0.630. The average molecular weight is 324 g/mol. The number of nitrogens with one attached hydrogen (secondary N) is 1. The summed E-state index contributed by atoms with van der Waals surface area (Å²) in [6.45, 7) is 4.02. The molecule has 2 N–H and O–H groups in total. The van der Waals surface area contributed by atoms with Gasteiger partial charge in [-0.05, 0) is 26.3 Å². The standard InChI is InChI=1S/C15H20N2O4S/c1-10-16-12(8-22-10)13-6-11(7-21-13)14(19)17-15(2,4-5-18)9-20-3/h6-8,18H,4-5,9H2,1-3H3,(H,17,19). The highest BCUT2D eigenvalue weighted by Gasteiger charge is 2.27. The van der Waals surface area contributed by atoms with Crippen LogP contribution in [-0.2, 0) is 4.74 Å². The number of furan rings is 1. The van der Waals surface area contributed by atoms with Crippen molar-refractivity contribution in [1.82, 2.24) is 10.3 Å². The highest BCUT2D eigenvalue weighted by Crippen LogP contribution is 2.24. The number of aliphatic hydroxyl groups is 1. The number of aryl methyl sites for hydroxylation is 1. The van der Waals surface area contributed by atoms with Crippen molar-refractivity contribution < 1.29 is 19.1 Å². The quantitative estimate of drug-likeness (QED) is 0.816. The third kappa shape index (κ3) is 3.94. The van der Waals surface area contributed by atoms with Crippen molar-refractivity contribution in [1.29, 1.82) is 0 Å². The lowest BCUT2D eigenvalue weighted by atomic mass is 9.99. The molecule has 0 fully saturated rings. The Morgan fingerprint density at radius 2 is 2.36 bits per heavy atom. The van der Waals surface area contributed by atoms with Gasteiger partial charge in [-0.15, -0.1) is 11.3 Å². The van der Waals surface area contributed by atoms with Gasteiger partial charge in [-0.2, -0.15) is 0 Å². The van der Waals surface area contributed by atoms with E-state index in [-0.39, 0.29) is 12.5 Å². The summed E-state index contributed by atoms with van der Waals surface area (Å²) in [6, 6.07) is 1.66. The molecule has 0 spiro atoms. The van der Waals surface area contributed by atoms with Crippen molar-refractivity contribution in [3.8, 4) is 11.5 Å². The number of methoxy groups -OCH3 is 1. The molecule has 6 nitrogen and oxygen atoms in total. The zero-order valence-corrected chi connectivity index (χ0v) is 13.7. The number of hydrogen-bond donors (Lipinski definition) is 2. The maximum Gasteiger partial charge on any atom is 0.255 e. The summed E-state index contributed by atoms with van der Waals surface area (Å²) in [5.41, 5.74) is 0.507. The SMILES string of the molecule is COCC(C)(CCO)NC(=O)c1coc(-c2csc(C)n2)c1. The van der Waals surface area contributed by atoms with Gasteiger partial charge in [-0.25, -0.2) is 4.98 Å². The zero-order chi connectivity index (χ0) is 16.2. The lowest BCUT2D eigenvalue weighted by Crippen LogP contribution is -2.49. The smallest absolute Gasteiger partial charge is 0.255 e. The second kappa shape index (κ2) is 7.04. The monoisotopic (exact) mass is 324 g/mol. The van der Waals surface area contributed by atoms with Gasteiger partial charge in [0.15, 0.2) is 5.76 Å². The number of rotatable bonds is 7. The first-order valence-electron chi connectivity index (χ1n) is 6.91. The van der Waals surface area contributed by atoms with E-state index in [1.54, 1.807) is 13.2 Å². The topological polar surface area (TPSA) is 84.6 Å². The first-order chi connectivity index (χ1) is 10.5. The van der Waals surface area contributed by atoms with Crippen LogP contribution in [0.15, 0.2) is 22.1 Å². The molecule has 7 heteroatoms. The van der Waals surface area contributed by atoms with E-state index in [2.05, 4.69) is 10.3 Å². The fourth-order valence-electron chi connectivity index (χ4n) is 2.15. The lowest BCUT2D eigenvalue weighted by molar-refractivity contribution is 0.0725. The van der Waals surface area contributed by atoms with Gasteiger partial charge >= 0.3 is 0 Å². The highest BCUT2D eigenvalue weighted by molar-refractivity contribution is 7.09. The Bertz CT molecular complexity index is 629. The molecule has 22 heavy (non-hydrogen) atoms. The average Bonchev–Trinajstić information content (AvgIpc) is 3.07. The summed E-state index contributed by atoms with van der Waals surface area (Å²) in [5.74, 6) is 0.292. The second-order valence-corrected chi connectivity index (χ2v) is 6.44. The van der Waals surface area contributed by atoms with Crippen molar-refractivity contribution in [2.45, 2.75) is 25.8 Å². The van der Waals surface area contributed by atoms with Crippen LogP contribution in [0, 0.1) is 6.92 Å². The number of nitrogens with zero attached hydrogens (tertiary/aromatic N) is 1. The van der Waals surface area contributed by atoms with Crippen LogP contribution in [0.2, 0.25) is 0 Å². The second-order valence-electron chi connectivity index (χ2n) is 5.37.